The maximum absolute atomic E-state index is 11.8. The van der Waals surface area contributed by atoms with Crippen molar-refractivity contribution < 1.29 is 9.53 Å². The van der Waals surface area contributed by atoms with E-state index in [2.05, 4.69) is 10.3 Å². The lowest BCUT2D eigenvalue weighted by Crippen LogP contribution is -2.15. The van der Waals surface area contributed by atoms with Crippen molar-refractivity contribution in [2.75, 3.05) is 11.9 Å². The molecule has 1 aromatic carbocycles. The van der Waals surface area contributed by atoms with Crippen LogP contribution in [0.5, 0.6) is 5.75 Å². The van der Waals surface area contributed by atoms with Crippen LogP contribution in [0.4, 0.5) is 5.69 Å². The van der Waals surface area contributed by atoms with Crippen molar-refractivity contribution in [3.05, 3.63) is 53.9 Å². The van der Waals surface area contributed by atoms with Crippen molar-refractivity contribution in [3.63, 3.8) is 0 Å². The minimum absolute atomic E-state index is 0.0919. The Kier molecular flexibility index (Phi) is 5.29. The number of nitrogens with two attached hydrogens (primary N) is 1. The van der Waals surface area contributed by atoms with Crippen LogP contribution in [0.25, 0.3) is 0 Å². The Morgan fingerprint density at radius 1 is 1.33 bits per heavy atom. The summed E-state index contributed by atoms with van der Waals surface area (Å²) in [6, 6.07) is 11.1. The van der Waals surface area contributed by atoms with Crippen molar-refractivity contribution in [1.29, 1.82) is 0 Å². The molecule has 2 aromatic rings. The number of anilines is 1. The number of nitrogens with one attached hydrogen (secondary N) is 1. The maximum atomic E-state index is 11.8. The molecule has 1 amide bonds. The molecule has 5 heteroatoms. The third kappa shape index (κ3) is 4.57. The van der Waals surface area contributed by atoms with Crippen LogP contribution in [0, 0.1) is 6.92 Å². The van der Waals surface area contributed by atoms with Gasteiger partial charge in [-0.3, -0.25) is 9.78 Å². The van der Waals surface area contributed by atoms with Gasteiger partial charge in [0.25, 0.3) is 0 Å². The van der Waals surface area contributed by atoms with Crippen molar-refractivity contribution in [1.82, 2.24) is 4.98 Å². The van der Waals surface area contributed by atoms with Crippen LogP contribution in [0.1, 0.15) is 17.7 Å². The summed E-state index contributed by atoms with van der Waals surface area (Å²) in [7, 11) is 0. The van der Waals surface area contributed by atoms with Crippen LogP contribution in [0.2, 0.25) is 0 Å². The highest BCUT2D eigenvalue weighted by atomic mass is 16.5. The number of aromatic nitrogens is 1. The normalized spacial score (nSPS) is 10.2. The largest absolute Gasteiger partial charge is 0.491 e. The first-order valence-electron chi connectivity index (χ1n) is 6.82. The van der Waals surface area contributed by atoms with Crippen molar-refractivity contribution in [2.45, 2.75) is 19.9 Å². The first-order chi connectivity index (χ1) is 10.2. The fourth-order valence-corrected chi connectivity index (χ4v) is 1.88. The number of nitrogens with zero attached hydrogens (tertiary/aromatic N) is 1. The number of carbonyl (C=O) groups is 1. The number of hydrogen-bond donors (Lipinski definition) is 2. The molecule has 0 fully saturated rings. The van der Waals surface area contributed by atoms with E-state index in [9.17, 15) is 4.79 Å². The molecule has 5 nitrogen and oxygen atoms in total. The molecule has 2 rings (SSSR count). The van der Waals surface area contributed by atoms with E-state index in [0.29, 0.717) is 18.9 Å². The van der Waals surface area contributed by atoms with Crippen LogP contribution in [-0.4, -0.2) is 17.5 Å². The summed E-state index contributed by atoms with van der Waals surface area (Å²) in [4.78, 5) is 16.0. The van der Waals surface area contributed by atoms with Crippen LogP contribution in [0.15, 0.2) is 42.6 Å². The van der Waals surface area contributed by atoms with E-state index in [1.54, 1.807) is 12.3 Å². The third-order valence-corrected chi connectivity index (χ3v) is 2.99. The lowest BCUT2D eigenvalue weighted by atomic mass is 10.2. The average molecular weight is 285 g/mol. The number of benzene rings is 1. The second-order valence-corrected chi connectivity index (χ2v) is 4.64. The smallest absolute Gasteiger partial charge is 0.227 e. The molecule has 21 heavy (non-hydrogen) atoms. The zero-order chi connectivity index (χ0) is 15.1. The summed E-state index contributed by atoms with van der Waals surface area (Å²) in [5.41, 5.74) is 8.12. The van der Waals surface area contributed by atoms with Crippen LogP contribution >= 0.6 is 0 Å². The van der Waals surface area contributed by atoms with E-state index in [-0.39, 0.29) is 12.3 Å². The number of hydrogen-bond acceptors (Lipinski definition) is 4. The number of amides is 1. The SMILES string of the molecule is Cc1ncccc1OCCC(=O)Nc1cccc(CN)c1. The van der Waals surface area contributed by atoms with Gasteiger partial charge in [0.1, 0.15) is 5.75 Å². The van der Waals surface area contributed by atoms with Gasteiger partial charge in [-0.05, 0) is 36.8 Å². The molecule has 3 N–H and O–H groups in total. The summed E-state index contributed by atoms with van der Waals surface area (Å²) in [5.74, 6) is 0.612. The van der Waals surface area contributed by atoms with Gasteiger partial charge in [-0.25, -0.2) is 0 Å². The lowest BCUT2D eigenvalue weighted by Gasteiger charge is -2.09. The fourth-order valence-electron chi connectivity index (χ4n) is 1.88. The number of rotatable bonds is 6. The van der Waals surface area contributed by atoms with E-state index < -0.39 is 0 Å². The summed E-state index contributed by atoms with van der Waals surface area (Å²) in [6.45, 7) is 2.63. The van der Waals surface area contributed by atoms with Crippen molar-refractivity contribution in [2.24, 2.45) is 5.73 Å². The monoisotopic (exact) mass is 285 g/mol. The van der Waals surface area contributed by atoms with Gasteiger partial charge in [0.15, 0.2) is 0 Å². The number of aryl methyl sites for hydroxylation is 1. The molecule has 0 spiro atoms. The predicted molar refractivity (Wildman–Crippen MR) is 82.0 cm³/mol. The number of carbonyl (C=O) groups excluding carboxylic acids is 1. The Labute approximate surface area is 124 Å². The zero-order valence-electron chi connectivity index (χ0n) is 12.0. The quantitative estimate of drug-likeness (QED) is 0.853. The van der Waals surface area contributed by atoms with Gasteiger partial charge in [0.2, 0.25) is 5.91 Å². The molecule has 0 saturated carbocycles. The Balaban J connectivity index is 1.81. The van der Waals surface area contributed by atoms with Gasteiger partial charge in [-0.15, -0.1) is 0 Å². The Morgan fingerprint density at radius 2 is 2.19 bits per heavy atom. The fraction of sp³-hybridized carbons (Fsp3) is 0.250. The second-order valence-electron chi connectivity index (χ2n) is 4.64. The molecule has 110 valence electrons. The molecule has 0 saturated heterocycles. The molecule has 0 atom stereocenters. The lowest BCUT2D eigenvalue weighted by molar-refractivity contribution is -0.116. The van der Waals surface area contributed by atoms with Crippen molar-refractivity contribution in [3.8, 4) is 5.75 Å². The summed E-state index contributed by atoms with van der Waals surface area (Å²) >= 11 is 0. The van der Waals surface area contributed by atoms with E-state index in [1.807, 2.05) is 37.3 Å². The third-order valence-electron chi connectivity index (χ3n) is 2.99. The van der Waals surface area contributed by atoms with Crippen LogP contribution < -0.4 is 15.8 Å². The highest BCUT2D eigenvalue weighted by molar-refractivity contribution is 5.90. The molecule has 0 aliphatic carbocycles. The minimum atomic E-state index is -0.0919. The molecule has 0 radical (unpaired) electrons. The van der Waals surface area contributed by atoms with Crippen LogP contribution in [0.3, 0.4) is 0 Å². The first kappa shape index (κ1) is 15.0. The molecule has 0 aliphatic heterocycles. The molecular formula is C16H19N3O2. The van der Waals surface area contributed by atoms with Gasteiger partial charge >= 0.3 is 0 Å². The summed E-state index contributed by atoms with van der Waals surface area (Å²) in [5, 5.41) is 2.83. The zero-order valence-corrected chi connectivity index (χ0v) is 12.0. The Hall–Kier alpha value is -2.40. The first-order valence-corrected chi connectivity index (χ1v) is 6.82. The van der Waals surface area contributed by atoms with E-state index in [1.165, 1.54) is 0 Å². The van der Waals surface area contributed by atoms with Gasteiger partial charge < -0.3 is 15.8 Å². The number of pyridine rings is 1. The molecule has 0 aliphatic rings. The molecule has 1 aromatic heterocycles. The van der Waals surface area contributed by atoms with Crippen molar-refractivity contribution >= 4 is 11.6 Å². The predicted octanol–water partition coefficient (Wildman–Crippen LogP) is 2.26. The number of ether oxygens (including phenoxy) is 1. The van der Waals surface area contributed by atoms with Gasteiger partial charge in [0, 0.05) is 18.4 Å². The maximum Gasteiger partial charge on any atom is 0.227 e. The average Bonchev–Trinajstić information content (AvgIpc) is 2.49. The second kappa shape index (κ2) is 7.40. The van der Waals surface area contributed by atoms with Gasteiger partial charge in [-0.2, -0.15) is 0 Å². The molecular weight excluding hydrogens is 266 g/mol. The van der Waals surface area contributed by atoms with E-state index in [4.69, 9.17) is 10.5 Å². The Morgan fingerprint density at radius 3 is 2.95 bits per heavy atom. The highest BCUT2D eigenvalue weighted by Gasteiger charge is 2.05. The molecule has 0 bridgehead atoms. The molecule has 1 heterocycles. The standard InChI is InChI=1S/C16H19N3O2/c1-12-15(6-3-8-18-12)21-9-7-16(20)19-14-5-2-4-13(10-14)11-17/h2-6,8,10H,7,9,11,17H2,1H3,(H,19,20). The highest BCUT2D eigenvalue weighted by Crippen LogP contribution is 2.14. The Bertz CT molecular complexity index is 614. The minimum Gasteiger partial charge on any atom is -0.491 e. The summed E-state index contributed by atoms with van der Waals surface area (Å²) in [6.07, 6.45) is 1.99. The van der Waals surface area contributed by atoms with Crippen LogP contribution in [-0.2, 0) is 11.3 Å². The molecule has 0 unspecified atom stereocenters. The van der Waals surface area contributed by atoms with Gasteiger partial charge in [0.05, 0.1) is 18.7 Å². The topological polar surface area (TPSA) is 77.2 Å². The van der Waals surface area contributed by atoms with E-state index in [0.717, 1.165) is 16.9 Å². The summed E-state index contributed by atoms with van der Waals surface area (Å²) < 4.78 is 5.55. The van der Waals surface area contributed by atoms with E-state index >= 15 is 0 Å². The van der Waals surface area contributed by atoms with Gasteiger partial charge in [-0.1, -0.05) is 12.1 Å².